The predicted molar refractivity (Wildman–Crippen MR) is 120 cm³/mol. The van der Waals surface area contributed by atoms with Crippen LogP contribution < -0.4 is 14.8 Å². The molecule has 7 nitrogen and oxygen atoms in total. The van der Waals surface area contributed by atoms with Gasteiger partial charge in [0.05, 0.1) is 12.1 Å². The molecule has 3 aromatic rings. The van der Waals surface area contributed by atoms with Crippen LogP contribution in [0.4, 0.5) is 5.69 Å². The van der Waals surface area contributed by atoms with Gasteiger partial charge in [-0.15, -0.1) is 10.2 Å². The average molecular weight is 441 g/mol. The van der Waals surface area contributed by atoms with E-state index in [-0.39, 0.29) is 5.91 Å². The Morgan fingerprint density at radius 2 is 2.03 bits per heavy atom. The molecule has 2 aromatic carbocycles. The Morgan fingerprint density at radius 3 is 2.84 bits per heavy atom. The fraction of sp³-hybridized carbons (Fsp3) is 0.348. The van der Waals surface area contributed by atoms with Gasteiger partial charge in [-0.1, -0.05) is 30.2 Å². The second-order valence-electron chi connectivity index (χ2n) is 7.53. The quantitative estimate of drug-likeness (QED) is 0.599. The fourth-order valence-corrected chi connectivity index (χ4v) is 3.91. The van der Waals surface area contributed by atoms with Crippen LogP contribution in [0.3, 0.4) is 0 Å². The van der Waals surface area contributed by atoms with Crippen LogP contribution in [0.2, 0.25) is 5.02 Å². The van der Waals surface area contributed by atoms with Crippen LogP contribution in [-0.4, -0.2) is 33.9 Å². The Bertz CT molecular complexity index is 1080. The first-order valence-corrected chi connectivity index (χ1v) is 10.8. The van der Waals surface area contributed by atoms with Gasteiger partial charge in [0, 0.05) is 24.2 Å². The molecule has 2 heterocycles. The summed E-state index contributed by atoms with van der Waals surface area (Å²) in [6, 6.07) is 12.7. The van der Waals surface area contributed by atoms with E-state index in [0.29, 0.717) is 22.2 Å². The molecule has 1 N–H and O–H groups in total. The summed E-state index contributed by atoms with van der Waals surface area (Å²) in [4.78, 5) is 12.6. The first-order valence-electron chi connectivity index (χ1n) is 10.4. The molecule has 0 saturated carbocycles. The molecule has 0 fully saturated rings. The van der Waals surface area contributed by atoms with E-state index in [9.17, 15) is 4.79 Å². The van der Waals surface area contributed by atoms with Crippen molar-refractivity contribution in [1.82, 2.24) is 14.8 Å². The lowest BCUT2D eigenvalue weighted by atomic mass is 10.2. The molecule has 0 unspecified atom stereocenters. The van der Waals surface area contributed by atoms with Gasteiger partial charge in [-0.2, -0.15) is 0 Å². The third-order valence-corrected chi connectivity index (χ3v) is 5.60. The van der Waals surface area contributed by atoms with Gasteiger partial charge in [0.1, 0.15) is 17.3 Å². The van der Waals surface area contributed by atoms with Crippen molar-refractivity contribution >= 4 is 23.2 Å². The molecule has 1 aliphatic rings. The maximum absolute atomic E-state index is 12.6. The number of aryl methyl sites for hydroxylation is 1. The van der Waals surface area contributed by atoms with Gasteiger partial charge in [0.15, 0.2) is 11.9 Å². The summed E-state index contributed by atoms with van der Waals surface area (Å²) in [6.07, 6.45) is 3.73. The second-order valence-corrected chi connectivity index (χ2v) is 7.94. The number of carbonyl (C=O) groups excluding carboxylic acids is 1. The highest BCUT2D eigenvalue weighted by Crippen LogP contribution is 2.28. The van der Waals surface area contributed by atoms with E-state index in [1.54, 1.807) is 32.2 Å². The van der Waals surface area contributed by atoms with Gasteiger partial charge >= 0.3 is 0 Å². The third kappa shape index (κ3) is 4.82. The summed E-state index contributed by atoms with van der Waals surface area (Å²) in [5.74, 6) is 2.74. The van der Waals surface area contributed by atoms with E-state index in [4.69, 9.17) is 21.1 Å². The van der Waals surface area contributed by atoms with Crippen molar-refractivity contribution in [3.8, 4) is 22.9 Å². The zero-order valence-electron chi connectivity index (χ0n) is 17.6. The maximum atomic E-state index is 12.6. The molecular formula is C23H25ClN4O3. The topological polar surface area (TPSA) is 78.3 Å². The number of aromatic nitrogens is 3. The fourth-order valence-electron chi connectivity index (χ4n) is 3.65. The molecule has 0 radical (unpaired) electrons. The van der Waals surface area contributed by atoms with E-state index in [1.807, 2.05) is 24.3 Å². The largest absolute Gasteiger partial charge is 0.495 e. The normalized spacial score (nSPS) is 14.3. The molecule has 0 bridgehead atoms. The molecule has 31 heavy (non-hydrogen) atoms. The summed E-state index contributed by atoms with van der Waals surface area (Å²) in [6.45, 7) is 2.63. The first-order chi connectivity index (χ1) is 15.0. The third-order valence-electron chi connectivity index (χ3n) is 5.30. The Labute approximate surface area is 186 Å². The molecule has 0 spiro atoms. The van der Waals surface area contributed by atoms with E-state index in [1.165, 1.54) is 6.42 Å². The zero-order chi connectivity index (χ0) is 21.8. The second kappa shape index (κ2) is 9.39. The number of amides is 1. The van der Waals surface area contributed by atoms with Gasteiger partial charge in [-0.3, -0.25) is 4.79 Å². The molecule has 162 valence electrons. The van der Waals surface area contributed by atoms with Crippen molar-refractivity contribution in [3.63, 3.8) is 0 Å². The molecular weight excluding hydrogens is 416 g/mol. The smallest absolute Gasteiger partial charge is 0.265 e. The number of hydrogen-bond acceptors (Lipinski definition) is 5. The molecule has 4 rings (SSSR count). The standard InChI is InChI=1S/C23H25ClN4O3/c1-15(23(29)25-17-10-11-20(30-2)19(24)14-17)31-18-8-6-7-16(13-18)22-27-26-21-9-4-3-5-12-28(21)22/h6-8,10-11,13-15H,3-5,9,12H2,1-2H3,(H,25,29)/t15-/m1/s1. The minimum absolute atomic E-state index is 0.275. The Morgan fingerprint density at radius 1 is 1.16 bits per heavy atom. The molecule has 1 atom stereocenters. The highest BCUT2D eigenvalue weighted by atomic mass is 35.5. The van der Waals surface area contributed by atoms with Crippen LogP contribution in [0.1, 0.15) is 32.0 Å². The van der Waals surface area contributed by atoms with Gasteiger partial charge < -0.3 is 19.4 Å². The SMILES string of the molecule is COc1ccc(NC(=O)[C@@H](C)Oc2cccc(-c3nnc4n3CCCCC4)c2)cc1Cl. The Hall–Kier alpha value is -3.06. The van der Waals surface area contributed by atoms with Crippen molar-refractivity contribution in [3.05, 3.63) is 53.3 Å². The number of ether oxygens (including phenoxy) is 2. The summed E-state index contributed by atoms with van der Waals surface area (Å²) in [5, 5.41) is 12.0. The number of rotatable bonds is 6. The van der Waals surface area contributed by atoms with E-state index in [0.717, 1.165) is 43.0 Å². The summed E-state index contributed by atoms with van der Waals surface area (Å²) >= 11 is 6.13. The van der Waals surface area contributed by atoms with E-state index < -0.39 is 6.10 Å². The van der Waals surface area contributed by atoms with Crippen molar-refractivity contribution in [2.75, 3.05) is 12.4 Å². The van der Waals surface area contributed by atoms with Gasteiger partial charge in [-0.05, 0) is 50.1 Å². The highest BCUT2D eigenvalue weighted by Gasteiger charge is 2.18. The molecule has 1 aliphatic heterocycles. The maximum Gasteiger partial charge on any atom is 0.265 e. The van der Waals surface area contributed by atoms with Crippen LogP contribution >= 0.6 is 11.6 Å². The van der Waals surface area contributed by atoms with Crippen molar-refractivity contribution < 1.29 is 14.3 Å². The molecule has 8 heteroatoms. The lowest BCUT2D eigenvalue weighted by Crippen LogP contribution is -2.30. The van der Waals surface area contributed by atoms with Crippen LogP contribution in [0.5, 0.6) is 11.5 Å². The van der Waals surface area contributed by atoms with Crippen LogP contribution in [0.25, 0.3) is 11.4 Å². The number of anilines is 1. The minimum atomic E-state index is -0.702. The zero-order valence-corrected chi connectivity index (χ0v) is 18.4. The molecule has 1 amide bonds. The van der Waals surface area contributed by atoms with Crippen molar-refractivity contribution in [1.29, 1.82) is 0 Å². The number of benzene rings is 2. The lowest BCUT2D eigenvalue weighted by Gasteiger charge is -2.16. The summed E-state index contributed by atoms with van der Waals surface area (Å²) < 4.78 is 13.2. The number of hydrogen-bond donors (Lipinski definition) is 1. The van der Waals surface area contributed by atoms with Crippen molar-refractivity contribution in [2.24, 2.45) is 0 Å². The van der Waals surface area contributed by atoms with Crippen LogP contribution in [0.15, 0.2) is 42.5 Å². The average Bonchev–Trinajstić information content (AvgIpc) is 3.02. The number of fused-ring (bicyclic) bond motifs is 1. The minimum Gasteiger partial charge on any atom is -0.495 e. The van der Waals surface area contributed by atoms with Gasteiger partial charge in [0.25, 0.3) is 5.91 Å². The monoisotopic (exact) mass is 440 g/mol. The Balaban J connectivity index is 1.46. The Kier molecular flexibility index (Phi) is 6.42. The highest BCUT2D eigenvalue weighted by molar-refractivity contribution is 6.32. The number of carbonyl (C=O) groups is 1. The van der Waals surface area contributed by atoms with E-state index >= 15 is 0 Å². The lowest BCUT2D eigenvalue weighted by molar-refractivity contribution is -0.122. The summed E-state index contributed by atoms with van der Waals surface area (Å²) in [5.41, 5.74) is 1.50. The van der Waals surface area contributed by atoms with Crippen LogP contribution in [0, 0.1) is 0 Å². The molecule has 0 saturated heterocycles. The van der Waals surface area contributed by atoms with Gasteiger partial charge in [-0.25, -0.2) is 0 Å². The van der Waals surface area contributed by atoms with Gasteiger partial charge in [0.2, 0.25) is 0 Å². The number of nitrogens with one attached hydrogen (secondary N) is 1. The molecule has 0 aliphatic carbocycles. The summed E-state index contributed by atoms with van der Waals surface area (Å²) in [7, 11) is 1.54. The number of halogens is 1. The predicted octanol–water partition coefficient (Wildman–Crippen LogP) is 4.74. The molecule has 1 aromatic heterocycles. The van der Waals surface area contributed by atoms with E-state index in [2.05, 4.69) is 20.1 Å². The van der Waals surface area contributed by atoms with Crippen molar-refractivity contribution in [2.45, 2.75) is 45.3 Å². The number of methoxy groups -OCH3 is 1. The van der Waals surface area contributed by atoms with Crippen LogP contribution in [-0.2, 0) is 17.8 Å². The number of nitrogens with zero attached hydrogens (tertiary/aromatic N) is 3. The first kappa shape index (κ1) is 21.2.